The molecule has 0 aromatic heterocycles. The Balaban J connectivity index is 2.60. The molecule has 0 saturated heterocycles. The molecule has 1 nitrogen and oxygen atoms in total. The maximum atomic E-state index is 2.31. The van der Waals surface area contributed by atoms with Gasteiger partial charge in [0.25, 0.3) is 0 Å². The maximum absolute atomic E-state index is 2.31. The van der Waals surface area contributed by atoms with E-state index in [2.05, 4.69) is 68.3 Å². The molecule has 15 heavy (non-hydrogen) atoms. The molecule has 1 heteroatoms. The van der Waals surface area contributed by atoms with E-state index in [0.29, 0.717) is 6.04 Å². The van der Waals surface area contributed by atoms with E-state index < -0.39 is 0 Å². The number of fused-ring (bicyclic) bond motifs is 1. The lowest BCUT2D eigenvalue weighted by molar-refractivity contribution is 0.757. The predicted octanol–water partition coefficient (Wildman–Crippen LogP) is 3.68. The van der Waals surface area contributed by atoms with Crippen molar-refractivity contribution in [2.45, 2.75) is 19.9 Å². The summed E-state index contributed by atoms with van der Waals surface area (Å²) in [4.78, 5) is 2.31. The molecule has 0 N–H and O–H groups in total. The number of hydrogen-bond donors (Lipinski definition) is 0. The second-order valence-corrected chi connectivity index (χ2v) is 4.20. The van der Waals surface area contributed by atoms with Gasteiger partial charge in [-0.3, -0.25) is 0 Å². The number of rotatable bonds is 2. The highest BCUT2D eigenvalue weighted by molar-refractivity contribution is 5.94. The summed E-state index contributed by atoms with van der Waals surface area (Å²) in [6.07, 6.45) is 0. The van der Waals surface area contributed by atoms with E-state index in [1.807, 2.05) is 0 Å². The predicted molar refractivity (Wildman–Crippen MR) is 67.5 cm³/mol. The van der Waals surface area contributed by atoms with Crippen LogP contribution in [0.1, 0.15) is 13.8 Å². The molecule has 0 spiro atoms. The Morgan fingerprint density at radius 3 is 2.33 bits per heavy atom. The van der Waals surface area contributed by atoms with Crippen molar-refractivity contribution in [1.29, 1.82) is 0 Å². The van der Waals surface area contributed by atoms with Crippen molar-refractivity contribution in [1.82, 2.24) is 0 Å². The van der Waals surface area contributed by atoms with Crippen molar-refractivity contribution < 1.29 is 0 Å². The maximum Gasteiger partial charge on any atom is 0.0445 e. The summed E-state index contributed by atoms with van der Waals surface area (Å²) in [5.74, 6) is 0. The van der Waals surface area contributed by atoms with Crippen molar-refractivity contribution in [2.24, 2.45) is 0 Å². The van der Waals surface area contributed by atoms with Crippen LogP contribution in [0.4, 0.5) is 5.69 Å². The molecule has 0 aliphatic heterocycles. The summed E-state index contributed by atoms with van der Waals surface area (Å²) in [7, 11) is 2.15. The normalized spacial score (nSPS) is 10.9. The van der Waals surface area contributed by atoms with Gasteiger partial charge in [0, 0.05) is 24.2 Å². The second kappa shape index (κ2) is 3.93. The molecule has 2 rings (SSSR count). The lowest BCUT2D eigenvalue weighted by Crippen LogP contribution is -2.25. The fourth-order valence-electron chi connectivity index (χ4n) is 1.79. The van der Waals surface area contributed by atoms with Gasteiger partial charge >= 0.3 is 0 Å². The van der Waals surface area contributed by atoms with Gasteiger partial charge in [0.1, 0.15) is 0 Å². The average molecular weight is 199 g/mol. The Bertz CT molecular complexity index is 454. The molecule has 0 atom stereocenters. The Morgan fingerprint density at radius 2 is 1.60 bits per heavy atom. The number of anilines is 1. The molecule has 0 amide bonds. The highest BCUT2D eigenvalue weighted by atomic mass is 15.1. The van der Waals surface area contributed by atoms with E-state index in [-0.39, 0.29) is 0 Å². The molecule has 0 aliphatic rings. The largest absolute Gasteiger partial charge is 0.372 e. The summed E-state index contributed by atoms with van der Waals surface area (Å²) in [6.45, 7) is 4.42. The minimum Gasteiger partial charge on any atom is -0.372 e. The highest BCUT2D eigenvalue weighted by Crippen LogP contribution is 2.26. The third-order valence-electron chi connectivity index (χ3n) is 2.92. The van der Waals surface area contributed by atoms with Gasteiger partial charge in [-0.1, -0.05) is 36.4 Å². The SMILES string of the molecule is CC(C)N(C)c1cccc2ccccc12. The van der Waals surface area contributed by atoms with Crippen LogP contribution in [0, 0.1) is 0 Å². The number of benzene rings is 2. The molecule has 0 aliphatic carbocycles. The van der Waals surface area contributed by atoms with E-state index in [0.717, 1.165) is 0 Å². The van der Waals surface area contributed by atoms with Crippen LogP contribution in [-0.2, 0) is 0 Å². The van der Waals surface area contributed by atoms with Gasteiger partial charge in [-0.2, -0.15) is 0 Å². The monoisotopic (exact) mass is 199 g/mol. The molecule has 0 saturated carbocycles. The van der Waals surface area contributed by atoms with Crippen molar-refractivity contribution in [3.8, 4) is 0 Å². The smallest absolute Gasteiger partial charge is 0.0445 e. The van der Waals surface area contributed by atoms with Crippen molar-refractivity contribution >= 4 is 16.5 Å². The molecule has 2 aromatic rings. The van der Waals surface area contributed by atoms with Gasteiger partial charge in [-0.15, -0.1) is 0 Å². The number of hydrogen-bond acceptors (Lipinski definition) is 1. The van der Waals surface area contributed by atoms with Crippen LogP contribution in [-0.4, -0.2) is 13.1 Å². The first kappa shape index (κ1) is 10.0. The second-order valence-electron chi connectivity index (χ2n) is 4.20. The first-order chi connectivity index (χ1) is 7.20. The van der Waals surface area contributed by atoms with Gasteiger partial charge in [-0.25, -0.2) is 0 Å². The third kappa shape index (κ3) is 1.82. The molecule has 0 bridgehead atoms. The Kier molecular flexibility index (Phi) is 2.63. The van der Waals surface area contributed by atoms with Crippen LogP contribution in [0.25, 0.3) is 10.8 Å². The highest BCUT2D eigenvalue weighted by Gasteiger charge is 2.07. The lowest BCUT2D eigenvalue weighted by Gasteiger charge is -2.25. The van der Waals surface area contributed by atoms with Crippen LogP contribution >= 0.6 is 0 Å². The summed E-state index contributed by atoms with van der Waals surface area (Å²) in [5.41, 5.74) is 1.31. The molecule has 0 unspecified atom stereocenters. The van der Waals surface area contributed by atoms with Crippen molar-refractivity contribution in [3.63, 3.8) is 0 Å². The molecule has 0 radical (unpaired) electrons. The zero-order chi connectivity index (χ0) is 10.8. The minimum absolute atomic E-state index is 0.524. The molecule has 78 valence electrons. The Hall–Kier alpha value is -1.50. The minimum atomic E-state index is 0.524. The molecule has 2 aromatic carbocycles. The van der Waals surface area contributed by atoms with Gasteiger partial charge in [-0.05, 0) is 25.3 Å². The van der Waals surface area contributed by atoms with Gasteiger partial charge in [0.15, 0.2) is 0 Å². The van der Waals surface area contributed by atoms with Gasteiger partial charge < -0.3 is 4.90 Å². The summed E-state index contributed by atoms with van der Waals surface area (Å²) in [6, 6.07) is 15.5. The van der Waals surface area contributed by atoms with E-state index in [4.69, 9.17) is 0 Å². The lowest BCUT2D eigenvalue weighted by atomic mass is 10.1. The fourth-order valence-corrected chi connectivity index (χ4v) is 1.79. The topological polar surface area (TPSA) is 3.24 Å². The van der Waals surface area contributed by atoms with Crippen LogP contribution < -0.4 is 4.90 Å². The standard InChI is InChI=1S/C14H17N/c1-11(2)15(3)14-10-6-8-12-7-4-5-9-13(12)14/h4-11H,1-3H3. The fraction of sp³-hybridized carbons (Fsp3) is 0.286. The summed E-state index contributed by atoms with van der Waals surface area (Å²) < 4.78 is 0. The summed E-state index contributed by atoms with van der Waals surface area (Å²) in [5, 5.41) is 2.64. The van der Waals surface area contributed by atoms with Crippen molar-refractivity contribution in [3.05, 3.63) is 42.5 Å². The third-order valence-corrected chi connectivity index (χ3v) is 2.92. The van der Waals surface area contributed by atoms with E-state index in [1.54, 1.807) is 0 Å². The van der Waals surface area contributed by atoms with E-state index in [1.165, 1.54) is 16.5 Å². The van der Waals surface area contributed by atoms with Crippen LogP contribution in [0.3, 0.4) is 0 Å². The first-order valence-corrected chi connectivity index (χ1v) is 5.41. The van der Waals surface area contributed by atoms with E-state index in [9.17, 15) is 0 Å². The molecular weight excluding hydrogens is 182 g/mol. The zero-order valence-electron chi connectivity index (χ0n) is 9.57. The first-order valence-electron chi connectivity index (χ1n) is 5.41. The van der Waals surface area contributed by atoms with Gasteiger partial charge in [0.05, 0.1) is 0 Å². The molecular formula is C14H17N. The Morgan fingerprint density at radius 1 is 0.933 bits per heavy atom. The van der Waals surface area contributed by atoms with Crippen LogP contribution in [0.2, 0.25) is 0 Å². The van der Waals surface area contributed by atoms with E-state index >= 15 is 0 Å². The molecule has 0 heterocycles. The van der Waals surface area contributed by atoms with Crippen LogP contribution in [0.5, 0.6) is 0 Å². The van der Waals surface area contributed by atoms with Gasteiger partial charge in [0.2, 0.25) is 0 Å². The van der Waals surface area contributed by atoms with Crippen LogP contribution in [0.15, 0.2) is 42.5 Å². The average Bonchev–Trinajstić information content (AvgIpc) is 2.27. The Labute approximate surface area is 91.3 Å². The van der Waals surface area contributed by atoms with Crippen molar-refractivity contribution in [2.75, 3.05) is 11.9 Å². The quantitative estimate of drug-likeness (QED) is 0.713. The molecule has 0 fully saturated rings. The zero-order valence-corrected chi connectivity index (χ0v) is 9.57. The number of nitrogens with zero attached hydrogens (tertiary/aromatic N) is 1. The summed E-state index contributed by atoms with van der Waals surface area (Å²) >= 11 is 0.